The Labute approximate surface area is 225 Å². The van der Waals surface area contributed by atoms with E-state index in [0.29, 0.717) is 40.6 Å². The first kappa shape index (κ1) is 29.9. The van der Waals surface area contributed by atoms with Gasteiger partial charge < -0.3 is 35.9 Å². The van der Waals surface area contributed by atoms with Crippen molar-refractivity contribution >= 4 is 23.7 Å². The van der Waals surface area contributed by atoms with Crippen molar-refractivity contribution in [2.45, 2.75) is 6.42 Å². The van der Waals surface area contributed by atoms with Gasteiger partial charge >= 0.3 is 11.9 Å². The fourth-order valence-electron chi connectivity index (χ4n) is 3.19. The Morgan fingerprint density at radius 3 is 1.56 bits per heavy atom. The molecule has 0 saturated heterocycles. The van der Waals surface area contributed by atoms with Crippen molar-refractivity contribution in [1.82, 2.24) is 9.97 Å². The summed E-state index contributed by atoms with van der Waals surface area (Å²) in [7, 11) is 4.70. The van der Waals surface area contributed by atoms with Crippen molar-refractivity contribution in [3.63, 3.8) is 0 Å². The molecule has 0 radical (unpaired) electrons. The molecule has 0 fully saturated rings. The Morgan fingerprint density at radius 2 is 1.23 bits per heavy atom. The average Bonchev–Trinajstić information content (AvgIpc) is 2.95. The lowest BCUT2D eigenvalue weighted by Gasteiger charge is -2.14. The highest BCUT2D eigenvalue weighted by atomic mass is 16.5. The van der Waals surface area contributed by atoms with Gasteiger partial charge in [-0.15, -0.1) is 0 Å². The van der Waals surface area contributed by atoms with E-state index in [1.165, 1.54) is 0 Å². The monoisotopic (exact) mass is 534 g/mol. The summed E-state index contributed by atoms with van der Waals surface area (Å²) >= 11 is 0. The van der Waals surface area contributed by atoms with E-state index in [4.69, 9.17) is 35.9 Å². The van der Waals surface area contributed by atoms with Crippen LogP contribution in [0.15, 0.2) is 79.0 Å². The summed E-state index contributed by atoms with van der Waals surface area (Å²) in [6.45, 7) is 0. The molecule has 0 unspecified atom stereocenters. The van der Waals surface area contributed by atoms with Crippen LogP contribution in [0.3, 0.4) is 0 Å². The highest BCUT2D eigenvalue weighted by Crippen LogP contribution is 2.38. The molecule has 0 aliphatic rings. The number of aromatic carboxylic acids is 2. The second-order valence-corrected chi connectivity index (χ2v) is 7.69. The van der Waals surface area contributed by atoms with Gasteiger partial charge in [-0.1, -0.05) is 36.4 Å². The van der Waals surface area contributed by atoms with E-state index in [2.05, 4.69) is 9.97 Å². The van der Waals surface area contributed by atoms with Crippen LogP contribution in [0.2, 0.25) is 0 Å². The number of methoxy groups -OCH3 is 3. The van der Waals surface area contributed by atoms with E-state index in [0.717, 1.165) is 11.1 Å². The van der Waals surface area contributed by atoms with Crippen LogP contribution in [0.25, 0.3) is 0 Å². The highest BCUT2D eigenvalue weighted by molar-refractivity contribution is 5.87. The van der Waals surface area contributed by atoms with Gasteiger partial charge in [-0.3, -0.25) is 0 Å². The lowest BCUT2D eigenvalue weighted by Crippen LogP contribution is -2.04. The molecule has 0 aliphatic heterocycles. The number of nitrogens with zero attached hydrogens (tertiary/aromatic N) is 2. The standard InChI is InChI=1S/C14H18N4O3.2C7H6O2/c1-19-10-5-8(6-11(20-2)12(10)21-3)4-9-7-17-14(16)18-13(9)15;2*8-7(9)6-4-2-1-3-5-6/h5-7H,4H2,1-3H3,(H4,15,16,17,18);2*1-5H,(H,8,9). The second-order valence-electron chi connectivity index (χ2n) is 7.69. The highest BCUT2D eigenvalue weighted by Gasteiger charge is 2.14. The van der Waals surface area contributed by atoms with Crippen molar-refractivity contribution in [1.29, 1.82) is 0 Å². The largest absolute Gasteiger partial charge is 0.493 e. The second kappa shape index (κ2) is 15.1. The molecule has 3 aromatic carbocycles. The number of aromatic nitrogens is 2. The van der Waals surface area contributed by atoms with Gasteiger partial charge in [-0.2, -0.15) is 4.98 Å². The van der Waals surface area contributed by atoms with E-state index in [1.807, 2.05) is 12.1 Å². The third-order valence-electron chi connectivity index (χ3n) is 5.08. The van der Waals surface area contributed by atoms with E-state index in [1.54, 1.807) is 88.2 Å². The maximum Gasteiger partial charge on any atom is 0.335 e. The summed E-state index contributed by atoms with van der Waals surface area (Å²) in [5.41, 5.74) is 13.7. The van der Waals surface area contributed by atoms with Crippen molar-refractivity contribution in [2.75, 3.05) is 32.8 Å². The quantitative estimate of drug-likeness (QED) is 0.269. The number of benzene rings is 3. The maximum absolute atomic E-state index is 10.2. The van der Waals surface area contributed by atoms with Gasteiger partial charge in [-0.25, -0.2) is 14.6 Å². The summed E-state index contributed by atoms with van der Waals surface area (Å²) in [5, 5.41) is 16.8. The molecule has 6 N–H and O–H groups in total. The van der Waals surface area contributed by atoms with Crippen LogP contribution in [0.1, 0.15) is 31.8 Å². The Kier molecular flexibility index (Phi) is 11.5. The van der Waals surface area contributed by atoms with Crippen molar-refractivity contribution < 1.29 is 34.0 Å². The molecule has 1 heterocycles. The number of hydrogen-bond donors (Lipinski definition) is 4. The number of carboxylic acids is 2. The average molecular weight is 535 g/mol. The molecule has 39 heavy (non-hydrogen) atoms. The van der Waals surface area contributed by atoms with Crippen LogP contribution < -0.4 is 25.7 Å². The van der Waals surface area contributed by atoms with Crippen LogP contribution >= 0.6 is 0 Å². The van der Waals surface area contributed by atoms with Crippen LogP contribution in [-0.4, -0.2) is 53.4 Å². The zero-order valence-electron chi connectivity index (χ0n) is 21.7. The topological polar surface area (TPSA) is 180 Å². The number of hydrogen-bond acceptors (Lipinski definition) is 9. The molecule has 4 aromatic rings. The minimum Gasteiger partial charge on any atom is -0.493 e. The first-order valence-electron chi connectivity index (χ1n) is 11.4. The van der Waals surface area contributed by atoms with Crippen LogP contribution in [-0.2, 0) is 6.42 Å². The van der Waals surface area contributed by atoms with Crippen molar-refractivity contribution in [2.24, 2.45) is 0 Å². The molecule has 11 nitrogen and oxygen atoms in total. The van der Waals surface area contributed by atoms with Gasteiger partial charge in [0, 0.05) is 18.2 Å². The zero-order chi connectivity index (χ0) is 28.8. The summed E-state index contributed by atoms with van der Waals surface area (Å²) in [6.07, 6.45) is 2.14. The zero-order valence-corrected chi connectivity index (χ0v) is 21.7. The smallest absolute Gasteiger partial charge is 0.335 e. The molecular weight excluding hydrogens is 504 g/mol. The van der Waals surface area contributed by atoms with Crippen molar-refractivity contribution in [3.8, 4) is 17.2 Å². The molecule has 11 heteroatoms. The molecule has 0 bridgehead atoms. The Hall–Kier alpha value is -5.32. The molecule has 204 valence electrons. The number of anilines is 2. The van der Waals surface area contributed by atoms with E-state index < -0.39 is 11.9 Å². The van der Waals surface area contributed by atoms with E-state index in [-0.39, 0.29) is 5.95 Å². The molecule has 1 aromatic heterocycles. The lowest BCUT2D eigenvalue weighted by molar-refractivity contribution is 0.0686. The van der Waals surface area contributed by atoms with Gasteiger partial charge in [0.1, 0.15) is 5.82 Å². The van der Waals surface area contributed by atoms with Gasteiger partial charge in [0.25, 0.3) is 0 Å². The van der Waals surface area contributed by atoms with Gasteiger partial charge in [0.05, 0.1) is 32.5 Å². The number of nitrogens with two attached hydrogens (primary N) is 2. The summed E-state index contributed by atoms with van der Waals surface area (Å²) in [5.74, 6) is 0.470. The van der Waals surface area contributed by atoms with E-state index in [9.17, 15) is 9.59 Å². The number of carbonyl (C=O) groups is 2. The lowest BCUT2D eigenvalue weighted by atomic mass is 10.1. The van der Waals surface area contributed by atoms with Gasteiger partial charge in [-0.05, 0) is 42.0 Å². The fourth-order valence-corrected chi connectivity index (χ4v) is 3.19. The van der Waals surface area contributed by atoms with Crippen LogP contribution in [0.5, 0.6) is 17.2 Å². The summed E-state index contributed by atoms with van der Waals surface area (Å²) in [4.78, 5) is 28.3. The number of nitrogen functional groups attached to an aromatic ring is 2. The SMILES string of the molecule is COc1cc(Cc2cnc(N)nc2N)cc(OC)c1OC.O=C(O)c1ccccc1.O=C(O)c1ccccc1. The maximum atomic E-state index is 10.2. The fraction of sp³-hybridized carbons (Fsp3) is 0.143. The summed E-state index contributed by atoms with van der Waals surface area (Å²) in [6, 6.07) is 20.3. The predicted molar refractivity (Wildman–Crippen MR) is 147 cm³/mol. The summed E-state index contributed by atoms with van der Waals surface area (Å²) < 4.78 is 15.9. The number of rotatable bonds is 7. The Balaban J connectivity index is 0.000000243. The van der Waals surface area contributed by atoms with Gasteiger partial charge in [0.2, 0.25) is 11.7 Å². The number of ether oxygens (including phenoxy) is 3. The first-order valence-corrected chi connectivity index (χ1v) is 11.4. The Bertz CT molecular complexity index is 1290. The van der Waals surface area contributed by atoms with Crippen LogP contribution in [0.4, 0.5) is 11.8 Å². The molecule has 0 spiro atoms. The Morgan fingerprint density at radius 1 is 0.769 bits per heavy atom. The third-order valence-corrected chi connectivity index (χ3v) is 5.08. The normalized spacial score (nSPS) is 9.62. The third kappa shape index (κ3) is 9.25. The minimum atomic E-state index is -0.879. The molecular formula is C28H30N4O7. The molecule has 0 amide bonds. The molecule has 4 rings (SSSR count). The molecule has 0 atom stereocenters. The molecule has 0 saturated carbocycles. The minimum absolute atomic E-state index is 0.154. The predicted octanol–water partition coefficient (Wildman–Crippen LogP) is 4.03. The number of carboxylic acid groups (broad SMARTS) is 2. The first-order chi connectivity index (χ1) is 18.7. The molecule has 0 aliphatic carbocycles. The van der Waals surface area contributed by atoms with Crippen LogP contribution in [0, 0.1) is 0 Å². The van der Waals surface area contributed by atoms with E-state index >= 15 is 0 Å². The van der Waals surface area contributed by atoms with Gasteiger partial charge in [0.15, 0.2) is 11.5 Å². The van der Waals surface area contributed by atoms with Crippen molar-refractivity contribution in [3.05, 3.63) is 101 Å².